The highest BCUT2D eigenvalue weighted by Gasteiger charge is 2.37. The fourth-order valence-electron chi connectivity index (χ4n) is 3.20. The summed E-state index contributed by atoms with van der Waals surface area (Å²) in [5.74, 6) is 0.781. The third-order valence-corrected chi connectivity index (χ3v) is 6.43. The molecule has 0 N–H and O–H groups in total. The summed E-state index contributed by atoms with van der Waals surface area (Å²) in [6.45, 7) is 9.36. The average Bonchev–Trinajstić information content (AvgIpc) is 2.56. The Morgan fingerprint density at radius 1 is 1.35 bits per heavy atom. The summed E-state index contributed by atoms with van der Waals surface area (Å²) in [7, 11) is 0. The van der Waals surface area contributed by atoms with Crippen LogP contribution >= 0.6 is 27.3 Å². The van der Waals surface area contributed by atoms with Crippen molar-refractivity contribution in [1.82, 2.24) is 0 Å². The second-order valence-electron chi connectivity index (χ2n) is 6.11. The maximum atomic E-state index is 3.99. The van der Waals surface area contributed by atoms with Gasteiger partial charge in [-0.1, -0.05) is 42.6 Å². The summed E-state index contributed by atoms with van der Waals surface area (Å²) in [6, 6.07) is 2.38. The Labute approximate surface area is 118 Å². The van der Waals surface area contributed by atoms with Crippen molar-refractivity contribution in [2.75, 3.05) is 0 Å². The average molecular weight is 315 g/mol. The molecule has 1 fully saturated rings. The van der Waals surface area contributed by atoms with Crippen LogP contribution in [0.2, 0.25) is 0 Å². The van der Waals surface area contributed by atoms with Crippen molar-refractivity contribution >= 4 is 27.3 Å². The maximum absolute atomic E-state index is 3.99. The molecule has 1 aliphatic rings. The Morgan fingerprint density at radius 3 is 2.59 bits per heavy atom. The molecule has 0 nitrogen and oxygen atoms in total. The molecule has 0 spiro atoms. The van der Waals surface area contributed by atoms with Crippen molar-refractivity contribution in [1.29, 1.82) is 0 Å². The van der Waals surface area contributed by atoms with E-state index >= 15 is 0 Å². The molecule has 2 heteroatoms. The van der Waals surface area contributed by atoms with Gasteiger partial charge in [-0.3, -0.25) is 0 Å². The van der Waals surface area contributed by atoms with E-state index in [1.807, 2.05) is 11.3 Å². The number of rotatable bonds is 2. The Kier molecular flexibility index (Phi) is 4.04. The van der Waals surface area contributed by atoms with Gasteiger partial charge in [0.15, 0.2) is 0 Å². The molecule has 0 aromatic carbocycles. The van der Waals surface area contributed by atoms with Gasteiger partial charge in [-0.15, -0.1) is 11.3 Å². The lowest BCUT2D eigenvalue weighted by atomic mass is 9.67. The molecule has 0 amide bonds. The molecule has 0 radical (unpaired) electrons. The Bertz CT molecular complexity index is 392. The fraction of sp³-hybridized carbons (Fsp3) is 0.733. The second-order valence-corrected chi connectivity index (χ2v) is 8.56. The van der Waals surface area contributed by atoms with Crippen LogP contribution in [0.5, 0.6) is 0 Å². The largest absolute Gasteiger partial charge is 0.146 e. The predicted octanol–water partition coefficient (Wildman–Crippen LogP) is 6.02. The van der Waals surface area contributed by atoms with Crippen LogP contribution in [-0.4, -0.2) is 0 Å². The first kappa shape index (κ1) is 13.6. The zero-order valence-electron chi connectivity index (χ0n) is 11.3. The molecular formula is C15H23BrS. The monoisotopic (exact) mass is 314 g/mol. The van der Waals surface area contributed by atoms with Crippen LogP contribution in [0.1, 0.15) is 59.7 Å². The summed E-state index contributed by atoms with van der Waals surface area (Å²) in [5.41, 5.74) is 2.02. The highest BCUT2D eigenvalue weighted by molar-refractivity contribution is 9.09. The molecule has 1 aliphatic carbocycles. The van der Waals surface area contributed by atoms with Crippen LogP contribution in [0.15, 0.2) is 6.07 Å². The molecule has 1 aromatic rings. The number of halogens is 1. The normalized spacial score (nSPS) is 25.8. The summed E-state index contributed by atoms with van der Waals surface area (Å²) in [6.07, 6.45) is 5.56. The fourth-order valence-corrected chi connectivity index (χ4v) is 5.78. The van der Waals surface area contributed by atoms with Gasteiger partial charge < -0.3 is 0 Å². The standard InChI is InChI=1S/C15H23BrS/c1-10-9-12(11(2)17-10)14(16)13-7-5-6-8-15(13,3)4/h9,13-14H,5-8H2,1-4H3. The number of thiophene rings is 1. The minimum atomic E-state index is 0.481. The molecule has 2 atom stereocenters. The van der Waals surface area contributed by atoms with Gasteiger partial charge in [-0.2, -0.15) is 0 Å². The zero-order chi connectivity index (χ0) is 12.6. The molecule has 0 saturated heterocycles. The predicted molar refractivity (Wildman–Crippen MR) is 81.2 cm³/mol. The van der Waals surface area contributed by atoms with Gasteiger partial charge in [0.05, 0.1) is 0 Å². The Hall–Kier alpha value is 0.180. The van der Waals surface area contributed by atoms with E-state index in [0.717, 1.165) is 5.92 Å². The van der Waals surface area contributed by atoms with Crippen molar-refractivity contribution in [3.05, 3.63) is 21.4 Å². The van der Waals surface area contributed by atoms with E-state index in [4.69, 9.17) is 0 Å². The topological polar surface area (TPSA) is 0 Å². The Morgan fingerprint density at radius 2 is 2.06 bits per heavy atom. The molecule has 96 valence electrons. The van der Waals surface area contributed by atoms with Crippen molar-refractivity contribution in [2.45, 2.75) is 58.2 Å². The lowest BCUT2D eigenvalue weighted by Gasteiger charge is -2.41. The highest BCUT2D eigenvalue weighted by atomic mass is 79.9. The number of alkyl halides is 1. The van der Waals surface area contributed by atoms with E-state index in [9.17, 15) is 0 Å². The number of hydrogen-bond donors (Lipinski definition) is 0. The van der Waals surface area contributed by atoms with Crippen LogP contribution < -0.4 is 0 Å². The van der Waals surface area contributed by atoms with E-state index in [1.165, 1.54) is 41.0 Å². The summed E-state index contributed by atoms with van der Waals surface area (Å²) >= 11 is 5.93. The van der Waals surface area contributed by atoms with E-state index in [-0.39, 0.29) is 0 Å². The molecule has 17 heavy (non-hydrogen) atoms. The number of aryl methyl sites for hydroxylation is 2. The van der Waals surface area contributed by atoms with Gasteiger partial charge in [0, 0.05) is 14.6 Å². The van der Waals surface area contributed by atoms with Crippen LogP contribution in [0.25, 0.3) is 0 Å². The minimum absolute atomic E-state index is 0.481. The van der Waals surface area contributed by atoms with Crippen molar-refractivity contribution in [2.24, 2.45) is 11.3 Å². The lowest BCUT2D eigenvalue weighted by molar-refractivity contribution is 0.136. The third-order valence-electron chi connectivity index (χ3n) is 4.32. The van der Waals surface area contributed by atoms with Crippen LogP contribution in [0.3, 0.4) is 0 Å². The van der Waals surface area contributed by atoms with E-state index < -0.39 is 0 Å². The van der Waals surface area contributed by atoms with Gasteiger partial charge >= 0.3 is 0 Å². The molecule has 1 saturated carbocycles. The van der Waals surface area contributed by atoms with Crippen LogP contribution in [0.4, 0.5) is 0 Å². The summed E-state index contributed by atoms with van der Waals surface area (Å²) in [5, 5.41) is 0. The third kappa shape index (κ3) is 2.78. The first-order valence-electron chi connectivity index (χ1n) is 6.63. The van der Waals surface area contributed by atoms with Crippen molar-refractivity contribution in [3.8, 4) is 0 Å². The minimum Gasteiger partial charge on any atom is -0.146 e. The van der Waals surface area contributed by atoms with E-state index in [2.05, 4.69) is 49.7 Å². The molecule has 1 heterocycles. The zero-order valence-corrected chi connectivity index (χ0v) is 13.7. The quantitative estimate of drug-likeness (QED) is 0.586. The molecule has 2 unspecified atom stereocenters. The van der Waals surface area contributed by atoms with Crippen LogP contribution in [0, 0.1) is 25.2 Å². The molecule has 0 aliphatic heterocycles. The van der Waals surface area contributed by atoms with Gasteiger partial charge in [0.25, 0.3) is 0 Å². The first-order chi connectivity index (χ1) is 7.92. The van der Waals surface area contributed by atoms with Crippen molar-refractivity contribution < 1.29 is 0 Å². The maximum Gasteiger partial charge on any atom is 0.0439 e. The summed E-state index contributed by atoms with van der Waals surface area (Å²) in [4.78, 5) is 3.48. The molecular weight excluding hydrogens is 292 g/mol. The van der Waals surface area contributed by atoms with Gasteiger partial charge in [-0.05, 0) is 49.7 Å². The van der Waals surface area contributed by atoms with Crippen molar-refractivity contribution in [3.63, 3.8) is 0 Å². The smallest absolute Gasteiger partial charge is 0.0439 e. The Balaban J connectivity index is 2.24. The van der Waals surface area contributed by atoms with E-state index in [0.29, 0.717) is 10.2 Å². The SMILES string of the molecule is Cc1cc(C(Br)C2CCCCC2(C)C)c(C)s1. The molecule has 2 rings (SSSR count). The number of hydrogen-bond acceptors (Lipinski definition) is 1. The first-order valence-corrected chi connectivity index (χ1v) is 8.36. The van der Waals surface area contributed by atoms with Gasteiger partial charge in [0.2, 0.25) is 0 Å². The van der Waals surface area contributed by atoms with Crippen LogP contribution in [-0.2, 0) is 0 Å². The molecule has 0 bridgehead atoms. The second kappa shape index (κ2) is 5.05. The lowest BCUT2D eigenvalue weighted by Crippen LogP contribution is -2.30. The van der Waals surface area contributed by atoms with Gasteiger partial charge in [-0.25, -0.2) is 0 Å². The molecule has 1 aromatic heterocycles. The highest BCUT2D eigenvalue weighted by Crippen LogP contribution is 2.51. The summed E-state index contributed by atoms with van der Waals surface area (Å²) < 4.78 is 0. The van der Waals surface area contributed by atoms with E-state index in [1.54, 1.807) is 0 Å². The van der Waals surface area contributed by atoms with Gasteiger partial charge in [0.1, 0.15) is 0 Å².